The van der Waals surface area contributed by atoms with E-state index in [1.165, 1.54) is 6.26 Å². The molecular weight excluding hydrogens is 256 g/mol. The number of amides is 1. The van der Waals surface area contributed by atoms with Gasteiger partial charge >= 0.3 is 0 Å². The molecule has 0 saturated heterocycles. The van der Waals surface area contributed by atoms with E-state index in [-0.39, 0.29) is 24.7 Å². The Morgan fingerprint density at radius 3 is 2.83 bits per heavy atom. The summed E-state index contributed by atoms with van der Waals surface area (Å²) in [4.78, 5) is 11.4. The van der Waals surface area contributed by atoms with Gasteiger partial charge in [0.2, 0.25) is 15.9 Å². The topological polar surface area (TPSA) is 88.4 Å². The van der Waals surface area contributed by atoms with Crippen LogP contribution in [-0.2, 0) is 21.4 Å². The average Bonchev–Trinajstić information content (AvgIpc) is 2.84. The zero-order chi connectivity index (χ0) is 13.4. The summed E-state index contributed by atoms with van der Waals surface area (Å²) in [5, 5.41) is 2.55. The first-order valence-corrected chi connectivity index (χ1v) is 7.45. The number of unbranched alkanes of at least 4 members (excludes halogenated alkanes) is 1. The second-order valence-corrected chi connectivity index (χ2v) is 5.78. The van der Waals surface area contributed by atoms with Crippen molar-refractivity contribution in [2.75, 3.05) is 12.3 Å². The third kappa shape index (κ3) is 5.83. The molecule has 0 fully saturated rings. The summed E-state index contributed by atoms with van der Waals surface area (Å²) in [7, 11) is -3.35. The van der Waals surface area contributed by atoms with Gasteiger partial charge in [-0.1, -0.05) is 13.3 Å². The van der Waals surface area contributed by atoms with Gasteiger partial charge in [-0.05, 0) is 18.6 Å². The van der Waals surface area contributed by atoms with Crippen molar-refractivity contribution < 1.29 is 17.6 Å². The molecule has 0 aromatic carbocycles. The van der Waals surface area contributed by atoms with Crippen LogP contribution in [0, 0.1) is 0 Å². The number of nitrogens with one attached hydrogen (secondary N) is 2. The van der Waals surface area contributed by atoms with E-state index in [1.54, 1.807) is 12.1 Å². The molecule has 0 aliphatic carbocycles. The zero-order valence-electron chi connectivity index (χ0n) is 10.3. The highest BCUT2D eigenvalue weighted by atomic mass is 32.2. The van der Waals surface area contributed by atoms with Crippen LogP contribution in [0.1, 0.15) is 25.5 Å². The Balaban J connectivity index is 2.24. The molecule has 1 rings (SSSR count). The number of rotatable bonds is 8. The molecule has 1 heterocycles. The van der Waals surface area contributed by atoms with Gasteiger partial charge in [-0.2, -0.15) is 0 Å². The van der Waals surface area contributed by atoms with Crippen molar-refractivity contribution in [2.24, 2.45) is 0 Å². The van der Waals surface area contributed by atoms with Gasteiger partial charge < -0.3 is 9.73 Å². The van der Waals surface area contributed by atoms with E-state index < -0.39 is 10.0 Å². The molecule has 1 amide bonds. The van der Waals surface area contributed by atoms with Crippen LogP contribution in [0.25, 0.3) is 0 Å². The fourth-order valence-electron chi connectivity index (χ4n) is 1.24. The lowest BCUT2D eigenvalue weighted by Gasteiger charge is -2.06. The number of furan rings is 1. The van der Waals surface area contributed by atoms with Gasteiger partial charge in [-0.15, -0.1) is 0 Å². The predicted octanol–water partition coefficient (Wildman–Crippen LogP) is 0.615. The molecule has 6 nitrogen and oxygen atoms in total. The van der Waals surface area contributed by atoms with Gasteiger partial charge in [0.1, 0.15) is 5.76 Å². The maximum atomic E-state index is 11.4. The minimum absolute atomic E-state index is 0.0506. The molecule has 0 unspecified atom stereocenters. The first kappa shape index (κ1) is 14.7. The van der Waals surface area contributed by atoms with E-state index in [2.05, 4.69) is 10.0 Å². The van der Waals surface area contributed by atoms with E-state index in [1.807, 2.05) is 6.92 Å². The number of carbonyl (C=O) groups is 1. The molecule has 0 bridgehead atoms. The lowest BCUT2D eigenvalue weighted by atomic mass is 10.4. The number of hydrogen-bond acceptors (Lipinski definition) is 4. The highest BCUT2D eigenvalue weighted by Gasteiger charge is 2.11. The molecular formula is C11H18N2O4S. The first-order valence-electron chi connectivity index (χ1n) is 5.80. The monoisotopic (exact) mass is 274 g/mol. The molecule has 1 aromatic heterocycles. The van der Waals surface area contributed by atoms with Crippen LogP contribution in [0.2, 0.25) is 0 Å². The molecule has 0 aliphatic rings. The second-order valence-electron chi connectivity index (χ2n) is 3.85. The summed E-state index contributed by atoms with van der Waals surface area (Å²) in [6.07, 6.45) is 2.89. The van der Waals surface area contributed by atoms with Crippen molar-refractivity contribution >= 4 is 15.9 Å². The van der Waals surface area contributed by atoms with Gasteiger partial charge in [0.25, 0.3) is 0 Å². The Morgan fingerprint density at radius 2 is 2.22 bits per heavy atom. The van der Waals surface area contributed by atoms with Crippen molar-refractivity contribution in [3.05, 3.63) is 24.2 Å². The van der Waals surface area contributed by atoms with Crippen LogP contribution < -0.4 is 10.0 Å². The minimum Gasteiger partial charge on any atom is -0.467 e. The van der Waals surface area contributed by atoms with E-state index in [9.17, 15) is 13.2 Å². The van der Waals surface area contributed by atoms with E-state index >= 15 is 0 Å². The fraction of sp³-hybridized carbons (Fsp3) is 0.545. The molecule has 0 aliphatic heterocycles. The van der Waals surface area contributed by atoms with Gasteiger partial charge in [0.05, 0.1) is 25.1 Å². The molecule has 0 saturated carbocycles. The quantitative estimate of drug-likeness (QED) is 0.727. The minimum atomic E-state index is -3.35. The van der Waals surface area contributed by atoms with Gasteiger partial charge in [-0.3, -0.25) is 4.79 Å². The maximum Gasteiger partial charge on any atom is 0.235 e. The van der Waals surface area contributed by atoms with E-state index in [0.717, 1.165) is 6.42 Å². The summed E-state index contributed by atoms with van der Waals surface area (Å²) in [5.74, 6) is 0.290. The second kappa shape index (κ2) is 7.17. The molecule has 102 valence electrons. The van der Waals surface area contributed by atoms with Crippen molar-refractivity contribution in [1.82, 2.24) is 10.0 Å². The number of carbonyl (C=O) groups excluding carboxylic acids is 1. The lowest BCUT2D eigenvalue weighted by molar-refractivity contribution is -0.120. The number of sulfonamides is 1. The Labute approximate surface area is 107 Å². The summed E-state index contributed by atoms with van der Waals surface area (Å²) < 4.78 is 30.1. The van der Waals surface area contributed by atoms with Crippen molar-refractivity contribution in [2.45, 2.75) is 26.3 Å². The first-order chi connectivity index (χ1) is 8.53. The van der Waals surface area contributed by atoms with Gasteiger partial charge in [0, 0.05) is 0 Å². The van der Waals surface area contributed by atoms with Crippen molar-refractivity contribution in [3.63, 3.8) is 0 Å². The Kier molecular flexibility index (Phi) is 5.87. The molecule has 1 aromatic rings. The summed E-state index contributed by atoms with van der Waals surface area (Å²) >= 11 is 0. The van der Waals surface area contributed by atoms with E-state index in [4.69, 9.17) is 4.42 Å². The van der Waals surface area contributed by atoms with Crippen molar-refractivity contribution in [3.8, 4) is 0 Å². The predicted molar refractivity (Wildman–Crippen MR) is 67.3 cm³/mol. The Hall–Kier alpha value is -1.34. The van der Waals surface area contributed by atoms with Crippen LogP contribution in [0.15, 0.2) is 22.8 Å². The molecule has 0 spiro atoms. The Morgan fingerprint density at radius 1 is 1.44 bits per heavy atom. The fourth-order valence-corrected chi connectivity index (χ4v) is 2.41. The smallest absolute Gasteiger partial charge is 0.235 e. The van der Waals surface area contributed by atoms with Crippen molar-refractivity contribution in [1.29, 1.82) is 0 Å². The average molecular weight is 274 g/mol. The third-order valence-electron chi connectivity index (χ3n) is 2.26. The van der Waals surface area contributed by atoms with Crippen LogP contribution >= 0.6 is 0 Å². The largest absolute Gasteiger partial charge is 0.467 e. The molecule has 0 atom stereocenters. The molecule has 7 heteroatoms. The zero-order valence-corrected chi connectivity index (χ0v) is 11.1. The maximum absolute atomic E-state index is 11.4. The lowest BCUT2D eigenvalue weighted by Crippen LogP contribution is -2.37. The third-order valence-corrected chi connectivity index (χ3v) is 3.67. The van der Waals surface area contributed by atoms with Crippen LogP contribution in [-0.4, -0.2) is 26.6 Å². The van der Waals surface area contributed by atoms with Gasteiger partial charge in [-0.25, -0.2) is 13.1 Å². The van der Waals surface area contributed by atoms with Gasteiger partial charge in [0.15, 0.2) is 0 Å². The number of hydrogen-bond donors (Lipinski definition) is 2. The van der Waals surface area contributed by atoms with Crippen LogP contribution in [0.3, 0.4) is 0 Å². The summed E-state index contributed by atoms with van der Waals surface area (Å²) in [5.41, 5.74) is 0. The highest BCUT2D eigenvalue weighted by molar-refractivity contribution is 7.89. The standard InChI is InChI=1S/C11H18N2O4S/c1-2-3-7-18(15,16)13-9-11(14)12-8-10-5-4-6-17-10/h4-6,13H,2-3,7-9H2,1H3,(H,12,14). The van der Waals surface area contributed by atoms with Crippen LogP contribution in [0.4, 0.5) is 0 Å². The normalized spacial score (nSPS) is 11.4. The van der Waals surface area contributed by atoms with E-state index in [0.29, 0.717) is 12.2 Å². The van der Waals surface area contributed by atoms with Crippen LogP contribution in [0.5, 0.6) is 0 Å². The molecule has 0 radical (unpaired) electrons. The molecule has 2 N–H and O–H groups in total. The SMILES string of the molecule is CCCCS(=O)(=O)NCC(=O)NCc1ccco1. The molecule has 18 heavy (non-hydrogen) atoms. The highest BCUT2D eigenvalue weighted by Crippen LogP contribution is 1.98. The Bertz CT molecular complexity index is 453. The summed E-state index contributed by atoms with van der Waals surface area (Å²) in [6.45, 7) is 1.92. The summed E-state index contributed by atoms with van der Waals surface area (Å²) in [6, 6.07) is 3.45.